The summed E-state index contributed by atoms with van der Waals surface area (Å²) in [5.41, 5.74) is 1.95. The molecule has 3 heteroatoms. The number of aryl methyl sites for hydroxylation is 1. The summed E-state index contributed by atoms with van der Waals surface area (Å²) in [7, 11) is 0. The van der Waals surface area contributed by atoms with Crippen LogP contribution in [0, 0.1) is 0 Å². The average molecular weight is 295 g/mol. The van der Waals surface area contributed by atoms with Crippen molar-refractivity contribution >= 4 is 33.0 Å². The number of benzene rings is 1. The Morgan fingerprint density at radius 1 is 1.31 bits per heavy atom. The molecule has 0 fully saturated rings. The molecule has 0 aliphatic rings. The molecule has 0 saturated carbocycles. The van der Waals surface area contributed by atoms with Crippen LogP contribution in [0.25, 0.3) is 0 Å². The molecule has 0 amide bonds. The van der Waals surface area contributed by atoms with Crippen LogP contribution in [-0.4, -0.2) is 5.78 Å². The Hall–Kier alpha value is -0.930. The Labute approximate surface area is 107 Å². The van der Waals surface area contributed by atoms with E-state index >= 15 is 0 Å². The molecule has 1 aromatic heterocycles. The minimum absolute atomic E-state index is 0.103. The van der Waals surface area contributed by atoms with Crippen LogP contribution in [0.15, 0.2) is 40.2 Å². The predicted molar refractivity (Wildman–Crippen MR) is 71.3 cm³/mol. The van der Waals surface area contributed by atoms with Crippen molar-refractivity contribution in [3.05, 3.63) is 56.2 Å². The van der Waals surface area contributed by atoms with Crippen molar-refractivity contribution in [2.75, 3.05) is 0 Å². The van der Waals surface area contributed by atoms with Gasteiger partial charge in [-0.15, -0.1) is 11.3 Å². The summed E-state index contributed by atoms with van der Waals surface area (Å²) in [6, 6.07) is 11.4. The fourth-order valence-electron chi connectivity index (χ4n) is 1.49. The first kappa shape index (κ1) is 11.6. The molecule has 2 rings (SSSR count). The molecule has 0 aliphatic carbocycles. The highest BCUT2D eigenvalue weighted by atomic mass is 79.9. The smallest absolute Gasteiger partial charge is 0.202 e. The van der Waals surface area contributed by atoms with Crippen LogP contribution >= 0.6 is 27.3 Å². The second-order valence-electron chi connectivity index (χ2n) is 3.46. The van der Waals surface area contributed by atoms with Crippen molar-refractivity contribution in [1.29, 1.82) is 0 Å². The molecule has 0 spiro atoms. The van der Waals surface area contributed by atoms with E-state index in [2.05, 4.69) is 22.9 Å². The van der Waals surface area contributed by atoms with E-state index in [0.29, 0.717) is 0 Å². The molecule has 16 heavy (non-hydrogen) atoms. The lowest BCUT2D eigenvalue weighted by molar-refractivity contribution is 0.104. The molecular weight excluding hydrogens is 284 g/mol. The molecule has 1 aromatic carbocycles. The minimum Gasteiger partial charge on any atom is -0.288 e. The Kier molecular flexibility index (Phi) is 3.56. The molecule has 0 radical (unpaired) electrons. The van der Waals surface area contributed by atoms with Gasteiger partial charge in [0.25, 0.3) is 0 Å². The van der Waals surface area contributed by atoms with E-state index in [1.807, 2.05) is 36.4 Å². The second-order valence-corrected chi connectivity index (χ2v) is 5.83. The third-order valence-corrected chi connectivity index (χ3v) is 4.36. The molecule has 1 heterocycles. The first-order valence-corrected chi connectivity index (χ1v) is 6.71. The van der Waals surface area contributed by atoms with E-state index in [1.54, 1.807) is 0 Å². The van der Waals surface area contributed by atoms with Gasteiger partial charge in [-0.1, -0.05) is 37.3 Å². The maximum Gasteiger partial charge on any atom is 0.202 e. The van der Waals surface area contributed by atoms with Crippen molar-refractivity contribution in [2.24, 2.45) is 0 Å². The van der Waals surface area contributed by atoms with Gasteiger partial charge >= 0.3 is 0 Å². The van der Waals surface area contributed by atoms with E-state index in [4.69, 9.17) is 0 Å². The lowest BCUT2D eigenvalue weighted by Gasteiger charge is -1.96. The number of carbonyl (C=O) groups is 1. The molecule has 0 N–H and O–H groups in total. The van der Waals surface area contributed by atoms with Crippen LogP contribution in [0.4, 0.5) is 0 Å². The van der Waals surface area contributed by atoms with Crippen LogP contribution in [0.2, 0.25) is 0 Å². The largest absolute Gasteiger partial charge is 0.288 e. The van der Waals surface area contributed by atoms with Gasteiger partial charge in [-0.2, -0.15) is 0 Å². The van der Waals surface area contributed by atoms with Crippen molar-refractivity contribution in [1.82, 2.24) is 0 Å². The van der Waals surface area contributed by atoms with Gasteiger partial charge in [-0.25, -0.2) is 0 Å². The fourth-order valence-corrected chi connectivity index (χ4v) is 3.35. The SMILES string of the molecule is CCc1cc(C(=O)c2ccccc2)sc1Br. The molecule has 82 valence electrons. The van der Waals surface area contributed by atoms with Gasteiger partial charge in [0.2, 0.25) is 5.78 Å². The summed E-state index contributed by atoms with van der Waals surface area (Å²) < 4.78 is 1.06. The normalized spacial score (nSPS) is 10.4. The topological polar surface area (TPSA) is 17.1 Å². The standard InChI is InChI=1S/C13H11BrOS/c1-2-9-8-11(16-13(9)14)12(15)10-6-4-3-5-7-10/h3-8H,2H2,1H3. The summed E-state index contributed by atoms with van der Waals surface area (Å²) in [6.45, 7) is 2.09. The summed E-state index contributed by atoms with van der Waals surface area (Å²) in [5, 5.41) is 0. The number of halogens is 1. The second kappa shape index (κ2) is 4.93. The highest BCUT2D eigenvalue weighted by molar-refractivity contribution is 9.11. The van der Waals surface area contributed by atoms with Crippen molar-refractivity contribution < 1.29 is 4.79 Å². The molecule has 1 nitrogen and oxygen atoms in total. The first-order chi connectivity index (χ1) is 7.72. The summed E-state index contributed by atoms with van der Waals surface area (Å²) in [6.07, 6.45) is 0.944. The Morgan fingerprint density at radius 2 is 2.00 bits per heavy atom. The van der Waals surface area contributed by atoms with E-state index in [-0.39, 0.29) is 5.78 Å². The third kappa shape index (κ3) is 2.25. The van der Waals surface area contributed by atoms with Gasteiger partial charge < -0.3 is 0 Å². The minimum atomic E-state index is 0.103. The maximum atomic E-state index is 12.1. The predicted octanol–water partition coefficient (Wildman–Crippen LogP) is 4.30. The summed E-state index contributed by atoms with van der Waals surface area (Å²) in [5.74, 6) is 0.103. The van der Waals surface area contributed by atoms with Gasteiger partial charge in [0.15, 0.2) is 0 Å². The molecule has 0 bridgehead atoms. The molecule has 0 saturated heterocycles. The van der Waals surface area contributed by atoms with Crippen LogP contribution in [0.5, 0.6) is 0 Å². The van der Waals surface area contributed by atoms with Crippen molar-refractivity contribution in [2.45, 2.75) is 13.3 Å². The van der Waals surface area contributed by atoms with Gasteiger partial charge in [0.05, 0.1) is 8.66 Å². The third-order valence-electron chi connectivity index (χ3n) is 2.40. The number of ketones is 1. The quantitative estimate of drug-likeness (QED) is 0.771. The van der Waals surface area contributed by atoms with E-state index in [0.717, 1.165) is 20.6 Å². The summed E-state index contributed by atoms with van der Waals surface area (Å²) >= 11 is 4.99. The lowest BCUT2D eigenvalue weighted by Crippen LogP contribution is -1.97. The average Bonchev–Trinajstić information content (AvgIpc) is 2.71. The highest BCUT2D eigenvalue weighted by Crippen LogP contribution is 2.29. The van der Waals surface area contributed by atoms with Crippen LogP contribution in [0.1, 0.15) is 27.7 Å². The number of thiophene rings is 1. The Bertz CT molecular complexity index is 502. The monoisotopic (exact) mass is 294 g/mol. The number of hydrogen-bond acceptors (Lipinski definition) is 2. The van der Waals surface area contributed by atoms with Gasteiger partial charge in [-0.3, -0.25) is 4.79 Å². The van der Waals surface area contributed by atoms with Crippen LogP contribution < -0.4 is 0 Å². The molecule has 0 aliphatic heterocycles. The van der Waals surface area contributed by atoms with Gasteiger partial charge in [-0.05, 0) is 34.0 Å². The molecular formula is C13H11BrOS. The summed E-state index contributed by atoms with van der Waals surface area (Å²) in [4.78, 5) is 12.9. The van der Waals surface area contributed by atoms with Crippen LogP contribution in [-0.2, 0) is 6.42 Å². The zero-order valence-electron chi connectivity index (χ0n) is 8.87. The molecule has 2 aromatic rings. The number of rotatable bonds is 3. The van der Waals surface area contributed by atoms with Crippen molar-refractivity contribution in [3.63, 3.8) is 0 Å². The van der Waals surface area contributed by atoms with Gasteiger partial charge in [0, 0.05) is 5.56 Å². The highest BCUT2D eigenvalue weighted by Gasteiger charge is 2.13. The molecule has 0 unspecified atom stereocenters. The maximum absolute atomic E-state index is 12.1. The van der Waals surface area contributed by atoms with Gasteiger partial charge in [0.1, 0.15) is 0 Å². The van der Waals surface area contributed by atoms with Crippen molar-refractivity contribution in [3.8, 4) is 0 Å². The first-order valence-electron chi connectivity index (χ1n) is 5.10. The number of carbonyl (C=O) groups excluding carboxylic acids is 1. The Morgan fingerprint density at radius 3 is 2.56 bits per heavy atom. The Balaban J connectivity index is 2.35. The van der Waals surface area contributed by atoms with E-state index in [9.17, 15) is 4.79 Å². The fraction of sp³-hybridized carbons (Fsp3) is 0.154. The number of hydrogen-bond donors (Lipinski definition) is 0. The van der Waals surface area contributed by atoms with E-state index < -0.39 is 0 Å². The lowest BCUT2D eigenvalue weighted by atomic mass is 10.1. The van der Waals surface area contributed by atoms with E-state index in [1.165, 1.54) is 16.9 Å². The van der Waals surface area contributed by atoms with Crippen LogP contribution in [0.3, 0.4) is 0 Å². The zero-order chi connectivity index (χ0) is 11.5. The zero-order valence-corrected chi connectivity index (χ0v) is 11.3. The molecule has 0 atom stereocenters.